The maximum atomic E-state index is 10.6. The first-order valence-electron chi connectivity index (χ1n) is 3.18. The highest BCUT2D eigenvalue weighted by Crippen LogP contribution is 2.21. The highest BCUT2D eigenvalue weighted by atomic mass is 127. The highest BCUT2D eigenvalue weighted by molar-refractivity contribution is 14.1. The van der Waals surface area contributed by atoms with Gasteiger partial charge in [0, 0.05) is 7.14 Å². The number of hydrogen-bond donors (Lipinski definition) is 1. The van der Waals surface area contributed by atoms with Crippen LogP contribution in [0.5, 0.6) is 0 Å². The number of aromatic carboxylic acids is 1. The van der Waals surface area contributed by atoms with Gasteiger partial charge in [-0.05, 0) is 57.3 Å². The third-order valence-corrected chi connectivity index (χ3v) is 4.44. The largest absolute Gasteiger partial charge is 0.478 e. The number of hydrogen-bond acceptors (Lipinski definition) is 2. The number of carboxylic acid groups (broad SMARTS) is 1. The van der Waals surface area contributed by atoms with Gasteiger partial charge in [0.05, 0.1) is 11.1 Å². The third kappa shape index (κ3) is 2.31. The van der Waals surface area contributed by atoms with Crippen LogP contribution in [0.1, 0.15) is 15.9 Å². The van der Waals surface area contributed by atoms with Crippen molar-refractivity contribution < 1.29 is 9.90 Å². The molecular formula is C8H3I2NO2. The fourth-order valence-corrected chi connectivity index (χ4v) is 1.85. The molecule has 0 spiro atoms. The van der Waals surface area contributed by atoms with Crippen LogP contribution in [0.15, 0.2) is 12.1 Å². The van der Waals surface area contributed by atoms with E-state index in [1.165, 1.54) is 6.07 Å². The molecule has 0 aliphatic carbocycles. The minimum Gasteiger partial charge on any atom is -0.478 e. The zero-order valence-electron chi connectivity index (χ0n) is 6.21. The molecule has 0 radical (unpaired) electrons. The molecule has 0 heterocycles. The molecule has 13 heavy (non-hydrogen) atoms. The van der Waals surface area contributed by atoms with Crippen molar-refractivity contribution in [2.45, 2.75) is 0 Å². The first-order valence-corrected chi connectivity index (χ1v) is 5.34. The first-order chi connectivity index (χ1) is 6.06. The van der Waals surface area contributed by atoms with Crippen LogP contribution in [-0.2, 0) is 0 Å². The molecule has 1 rings (SSSR count). The van der Waals surface area contributed by atoms with E-state index in [2.05, 4.69) is 0 Å². The Morgan fingerprint density at radius 1 is 1.46 bits per heavy atom. The summed E-state index contributed by atoms with van der Waals surface area (Å²) in [5.74, 6) is -1.01. The minimum atomic E-state index is -1.01. The molecular weight excluding hydrogens is 396 g/mol. The number of nitrogens with zero attached hydrogens (tertiary/aromatic N) is 1. The Hall–Kier alpha value is -0.360. The topological polar surface area (TPSA) is 61.1 Å². The quantitative estimate of drug-likeness (QED) is 0.739. The van der Waals surface area contributed by atoms with Gasteiger partial charge >= 0.3 is 5.97 Å². The molecule has 0 unspecified atom stereocenters. The van der Waals surface area contributed by atoms with Gasteiger partial charge in [-0.1, -0.05) is 0 Å². The molecule has 1 aromatic rings. The first kappa shape index (κ1) is 10.7. The molecule has 0 aliphatic rings. The second kappa shape index (κ2) is 4.23. The van der Waals surface area contributed by atoms with Crippen molar-refractivity contribution in [3.8, 4) is 6.07 Å². The number of benzene rings is 1. The van der Waals surface area contributed by atoms with Crippen molar-refractivity contribution in [3.05, 3.63) is 30.4 Å². The van der Waals surface area contributed by atoms with Crippen molar-refractivity contribution in [1.82, 2.24) is 0 Å². The molecule has 0 aromatic heterocycles. The lowest BCUT2D eigenvalue weighted by atomic mass is 10.1. The minimum absolute atomic E-state index is 0.154. The van der Waals surface area contributed by atoms with Crippen molar-refractivity contribution in [2.75, 3.05) is 0 Å². The summed E-state index contributed by atoms with van der Waals surface area (Å²) in [5, 5.41) is 17.4. The lowest BCUT2D eigenvalue weighted by Crippen LogP contribution is -1.99. The van der Waals surface area contributed by atoms with Gasteiger partial charge in [-0.25, -0.2) is 4.79 Å². The highest BCUT2D eigenvalue weighted by Gasteiger charge is 2.10. The maximum Gasteiger partial charge on any atom is 0.335 e. The Morgan fingerprint density at radius 2 is 2.08 bits per heavy atom. The van der Waals surface area contributed by atoms with Crippen LogP contribution in [0.2, 0.25) is 0 Å². The number of halogens is 2. The van der Waals surface area contributed by atoms with E-state index in [1.54, 1.807) is 6.07 Å². The Balaban J connectivity index is 3.41. The molecule has 0 aliphatic heterocycles. The van der Waals surface area contributed by atoms with Gasteiger partial charge in [-0.2, -0.15) is 5.26 Å². The van der Waals surface area contributed by atoms with E-state index in [-0.39, 0.29) is 5.56 Å². The summed E-state index contributed by atoms with van der Waals surface area (Å²) >= 11 is 4.03. The standard InChI is InChI=1S/C8H3I2NO2/c9-6-2-4(8(12)13)1-5(3-11)7(6)10/h1-2H,(H,12,13). The van der Waals surface area contributed by atoms with Crippen LogP contribution >= 0.6 is 45.2 Å². The molecule has 0 amide bonds. The number of rotatable bonds is 1. The van der Waals surface area contributed by atoms with Gasteiger partial charge in [0.1, 0.15) is 6.07 Å². The molecule has 1 aromatic carbocycles. The van der Waals surface area contributed by atoms with E-state index in [4.69, 9.17) is 10.4 Å². The number of nitriles is 1. The zero-order valence-corrected chi connectivity index (χ0v) is 10.5. The van der Waals surface area contributed by atoms with Gasteiger partial charge in [-0.3, -0.25) is 0 Å². The number of carboxylic acids is 1. The number of carbonyl (C=O) groups is 1. The summed E-state index contributed by atoms with van der Waals surface area (Å²) in [5.41, 5.74) is 0.561. The van der Waals surface area contributed by atoms with Crippen LogP contribution in [-0.4, -0.2) is 11.1 Å². The molecule has 0 atom stereocenters. The Bertz CT molecular complexity index is 409. The monoisotopic (exact) mass is 399 g/mol. The van der Waals surface area contributed by atoms with Crippen LogP contribution < -0.4 is 0 Å². The van der Waals surface area contributed by atoms with Crippen molar-refractivity contribution in [1.29, 1.82) is 5.26 Å². The summed E-state index contributed by atoms with van der Waals surface area (Å²) in [6.07, 6.45) is 0. The lowest BCUT2D eigenvalue weighted by molar-refractivity contribution is 0.0696. The van der Waals surface area contributed by atoms with Crippen molar-refractivity contribution >= 4 is 51.2 Å². The fraction of sp³-hybridized carbons (Fsp3) is 0. The van der Waals surface area contributed by atoms with Crippen LogP contribution in [0.3, 0.4) is 0 Å². The van der Waals surface area contributed by atoms with Gasteiger partial charge in [0.15, 0.2) is 0 Å². The molecule has 0 fully saturated rings. The Kier molecular flexibility index (Phi) is 3.49. The zero-order chi connectivity index (χ0) is 10.0. The van der Waals surface area contributed by atoms with E-state index in [0.29, 0.717) is 5.56 Å². The van der Waals surface area contributed by atoms with Crippen molar-refractivity contribution in [3.63, 3.8) is 0 Å². The average molecular weight is 399 g/mol. The predicted molar refractivity (Wildman–Crippen MR) is 63.6 cm³/mol. The van der Waals surface area contributed by atoms with E-state index in [1.807, 2.05) is 51.3 Å². The second-order valence-electron chi connectivity index (χ2n) is 2.24. The van der Waals surface area contributed by atoms with E-state index >= 15 is 0 Å². The van der Waals surface area contributed by atoms with Gasteiger partial charge in [0.2, 0.25) is 0 Å². The molecule has 66 valence electrons. The van der Waals surface area contributed by atoms with Crippen LogP contribution in [0.4, 0.5) is 0 Å². The summed E-state index contributed by atoms with van der Waals surface area (Å²) < 4.78 is 1.58. The summed E-state index contributed by atoms with van der Waals surface area (Å²) in [4.78, 5) is 10.6. The second-order valence-corrected chi connectivity index (χ2v) is 4.48. The molecule has 5 heteroatoms. The van der Waals surface area contributed by atoms with E-state index in [9.17, 15) is 4.79 Å². The van der Waals surface area contributed by atoms with E-state index in [0.717, 1.165) is 7.14 Å². The Labute approximate surface area is 102 Å². The maximum absolute atomic E-state index is 10.6. The fourth-order valence-electron chi connectivity index (χ4n) is 0.794. The molecule has 1 N–H and O–H groups in total. The predicted octanol–water partition coefficient (Wildman–Crippen LogP) is 2.47. The van der Waals surface area contributed by atoms with Crippen LogP contribution in [0, 0.1) is 18.5 Å². The summed E-state index contributed by atoms with van der Waals surface area (Å²) in [6, 6.07) is 4.88. The van der Waals surface area contributed by atoms with Gasteiger partial charge in [0.25, 0.3) is 0 Å². The third-order valence-electron chi connectivity index (χ3n) is 1.40. The van der Waals surface area contributed by atoms with Crippen LogP contribution in [0.25, 0.3) is 0 Å². The molecule has 0 saturated carbocycles. The molecule has 0 saturated heterocycles. The lowest BCUT2D eigenvalue weighted by Gasteiger charge is -2.00. The summed E-state index contributed by atoms with van der Waals surface area (Å²) in [6.45, 7) is 0. The smallest absolute Gasteiger partial charge is 0.335 e. The average Bonchev–Trinajstić information content (AvgIpc) is 2.09. The SMILES string of the molecule is N#Cc1cc(C(=O)O)cc(I)c1I. The normalized spacial score (nSPS) is 9.31. The molecule has 3 nitrogen and oxygen atoms in total. The Morgan fingerprint density at radius 3 is 2.54 bits per heavy atom. The van der Waals surface area contributed by atoms with E-state index < -0.39 is 5.97 Å². The van der Waals surface area contributed by atoms with Crippen molar-refractivity contribution in [2.24, 2.45) is 0 Å². The summed E-state index contributed by atoms with van der Waals surface area (Å²) in [7, 11) is 0. The van der Waals surface area contributed by atoms with Gasteiger partial charge in [-0.15, -0.1) is 0 Å². The van der Waals surface area contributed by atoms with Gasteiger partial charge < -0.3 is 5.11 Å². The molecule has 0 bridgehead atoms.